The van der Waals surface area contributed by atoms with Gasteiger partial charge in [0.05, 0.1) is 18.2 Å². The van der Waals surface area contributed by atoms with Gasteiger partial charge in [-0.1, -0.05) is 19.9 Å². The number of hydrogen-bond acceptors (Lipinski definition) is 4. The Kier molecular flexibility index (Phi) is 7.18. The van der Waals surface area contributed by atoms with E-state index in [1.165, 1.54) is 0 Å². The normalized spacial score (nSPS) is 17.5. The van der Waals surface area contributed by atoms with E-state index in [0.29, 0.717) is 32.2 Å². The second kappa shape index (κ2) is 9.37. The molecule has 0 saturated carbocycles. The molecule has 0 unspecified atom stereocenters. The van der Waals surface area contributed by atoms with Gasteiger partial charge in [0.2, 0.25) is 11.8 Å². The molecule has 0 aliphatic carbocycles. The van der Waals surface area contributed by atoms with Crippen molar-refractivity contribution in [1.29, 1.82) is 0 Å². The summed E-state index contributed by atoms with van der Waals surface area (Å²) >= 11 is 0. The number of carbonyl (C=O) groups is 2. The third-order valence-corrected chi connectivity index (χ3v) is 3.88. The highest BCUT2D eigenvalue weighted by atomic mass is 16.5. The molecule has 1 fully saturated rings. The Morgan fingerprint density at radius 2 is 2.29 bits per heavy atom. The average Bonchev–Trinajstić information content (AvgIpc) is 2.92. The summed E-state index contributed by atoms with van der Waals surface area (Å²) in [6.07, 6.45) is 2.78. The van der Waals surface area contributed by atoms with Crippen molar-refractivity contribution in [2.75, 3.05) is 26.3 Å². The zero-order chi connectivity index (χ0) is 17.4. The van der Waals surface area contributed by atoms with Crippen molar-refractivity contribution in [3.63, 3.8) is 0 Å². The first-order chi connectivity index (χ1) is 11.6. The molecule has 6 heteroatoms. The smallest absolute Gasteiger partial charge is 0.225 e. The van der Waals surface area contributed by atoms with Gasteiger partial charge >= 0.3 is 0 Å². The maximum Gasteiger partial charge on any atom is 0.225 e. The van der Waals surface area contributed by atoms with E-state index in [9.17, 15) is 9.59 Å². The number of likely N-dealkylation sites (tertiary alicyclic amines) is 1. The lowest BCUT2D eigenvalue weighted by Gasteiger charge is -2.16. The number of ether oxygens (including phenoxy) is 1. The molecule has 2 heterocycles. The summed E-state index contributed by atoms with van der Waals surface area (Å²) in [7, 11) is 0. The molecule has 1 atom stereocenters. The predicted octanol–water partition coefficient (Wildman–Crippen LogP) is 1.61. The Bertz CT molecular complexity index is 534. The van der Waals surface area contributed by atoms with Crippen LogP contribution in [0.15, 0.2) is 24.4 Å². The number of carbonyl (C=O) groups excluding carboxylic acids is 2. The molecule has 1 aromatic rings. The third kappa shape index (κ3) is 5.92. The third-order valence-electron chi connectivity index (χ3n) is 3.88. The summed E-state index contributed by atoms with van der Waals surface area (Å²) in [4.78, 5) is 30.2. The van der Waals surface area contributed by atoms with Gasteiger partial charge in [0.15, 0.2) is 0 Å². The summed E-state index contributed by atoms with van der Waals surface area (Å²) in [6, 6.07) is 5.63. The van der Waals surface area contributed by atoms with Crippen LogP contribution < -0.4 is 5.32 Å². The predicted molar refractivity (Wildman–Crippen MR) is 91.0 cm³/mol. The molecule has 6 nitrogen and oxygen atoms in total. The van der Waals surface area contributed by atoms with Gasteiger partial charge in [0.1, 0.15) is 0 Å². The lowest BCUT2D eigenvalue weighted by Crippen LogP contribution is -2.33. The van der Waals surface area contributed by atoms with Crippen LogP contribution in [0.3, 0.4) is 0 Å². The quantitative estimate of drug-likeness (QED) is 0.697. The Morgan fingerprint density at radius 1 is 1.46 bits per heavy atom. The summed E-state index contributed by atoms with van der Waals surface area (Å²) in [5.41, 5.74) is 0.842. The summed E-state index contributed by atoms with van der Waals surface area (Å²) in [6.45, 7) is 7.12. The summed E-state index contributed by atoms with van der Waals surface area (Å²) in [5, 5.41) is 2.90. The molecule has 2 amide bonds. The van der Waals surface area contributed by atoms with Crippen LogP contribution in [-0.4, -0.2) is 48.0 Å². The van der Waals surface area contributed by atoms with E-state index in [-0.39, 0.29) is 24.2 Å². The minimum Gasteiger partial charge on any atom is -0.381 e. The fourth-order valence-corrected chi connectivity index (χ4v) is 2.64. The number of nitrogens with one attached hydrogen (secondary N) is 1. The molecule has 0 aromatic carbocycles. The summed E-state index contributed by atoms with van der Waals surface area (Å²) < 4.78 is 5.48. The van der Waals surface area contributed by atoms with Crippen molar-refractivity contribution >= 4 is 11.8 Å². The highest BCUT2D eigenvalue weighted by Gasteiger charge is 2.34. The van der Waals surface area contributed by atoms with Crippen molar-refractivity contribution < 1.29 is 14.3 Å². The highest BCUT2D eigenvalue weighted by Crippen LogP contribution is 2.19. The number of hydrogen-bond donors (Lipinski definition) is 1. The Labute approximate surface area is 143 Å². The minimum absolute atomic E-state index is 0.0149. The van der Waals surface area contributed by atoms with Crippen LogP contribution in [-0.2, 0) is 20.9 Å². The summed E-state index contributed by atoms with van der Waals surface area (Å²) in [5.74, 6) is 0.226. The maximum atomic E-state index is 12.2. The van der Waals surface area contributed by atoms with Crippen LogP contribution in [0.2, 0.25) is 0 Å². The molecule has 1 aliphatic rings. The molecule has 1 N–H and O–H groups in total. The molecule has 1 saturated heterocycles. The first-order valence-corrected chi connectivity index (χ1v) is 8.59. The minimum atomic E-state index is -0.266. The van der Waals surface area contributed by atoms with Crippen molar-refractivity contribution in [3.8, 4) is 0 Å². The first-order valence-electron chi connectivity index (χ1n) is 8.59. The van der Waals surface area contributed by atoms with Crippen LogP contribution in [0.1, 0.15) is 32.4 Å². The van der Waals surface area contributed by atoms with E-state index in [1.807, 2.05) is 18.2 Å². The molecule has 0 spiro atoms. The fourth-order valence-electron chi connectivity index (χ4n) is 2.64. The highest BCUT2D eigenvalue weighted by molar-refractivity contribution is 5.89. The van der Waals surface area contributed by atoms with Gasteiger partial charge in [0.25, 0.3) is 0 Å². The molecule has 24 heavy (non-hydrogen) atoms. The second-order valence-electron chi connectivity index (χ2n) is 6.61. The number of amides is 2. The number of nitrogens with zero attached hydrogens (tertiary/aromatic N) is 2. The van der Waals surface area contributed by atoms with E-state index in [2.05, 4.69) is 24.1 Å². The van der Waals surface area contributed by atoms with Crippen LogP contribution in [0.25, 0.3) is 0 Å². The van der Waals surface area contributed by atoms with Gasteiger partial charge < -0.3 is 15.0 Å². The van der Waals surface area contributed by atoms with Gasteiger partial charge in [-0.2, -0.15) is 0 Å². The topological polar surface area (TPSA) is 71.5 Å². The van der Waals surface area contributed by atoms with Crippen molar-refractivity contribution in [2.45, 2.75) is 33.2 Å². The molecule has 2 rings (SSSR count). The number of rotatable bonds is 9. The van der Waals surface area contributed by atoms with Crippen molar-refractivity contribution in [2.24, 2.45) is 11.8 Å². The maximum absolute atomic E-state index is 12.2. The van der Waals surface area contributed by atoms with E-state index in [1.54, 1.807) is 11.1 Å². The monoisotopic (exact) mass is 333 g/mol. The fraction of sp³-hybridized carbons (Fsp3) is 0.611. The number of aromatic nitrogens is 1. The second-order valence-corrected chi connectivity index (χ2v) is 6.61. The van der Waals surface area contributed by atoms with Crippen LogP contribution >= 0.6 is 0 Å². The van der Waals surface area contributed by atoms with E-state index in [0.717, 1.165) is 18.7 Å². The van der Waals surface area contributed by atoms with Gasteiger partial charge in [-0.15, -0.1) is 0 Å². The molecule has 1 aromatic heterocycles. The largest absolute Gasteiger partial charge is 0.381 e. The van der Waals surface area contributed by atoms with Gasteiger partial charge in [-0.3, -0.25) is 14.6 Å². The van der Waals surface area contributed by atoms with Crippen LogP contribution in [0.5, 0.6) is 0 Å². The lowest BCUT2D eigenvalue weighted by atomic mass is 10.1. The Hall–Kier alpha value is -1.95. The van der Waals surface area contributed by atoms with Gasteiger partial charge in [-0.25, -0.2) is 0 Å². The molecular weight excluding hydrogens is 306 g/mol. The zero-order valence-electron chi connectivity index (χ0n) is 14.5. The van der Waals surface area contributed by atoms with Crippen molar-refractivity contribution in [3.05, 3.63) is 30.1 Å². The van der Waals surface area contributed by atoms with E-state index >= 15 is 0 Å². The molecule has 0 bridgehead atoms. The average molecular weight is 333 g/mol. The molecule has 132 valence electrons. The zero-order valence-corrected chi connectivity index (χ0v) is 14.5. The molecular formula is C18H27N3O3. The Morgan fingerprint density at radius 3 is 3.00 bits per heavy atom. The van der Waals surface area contributed by atoms with Gasteiger partial charge in [-0.05, 0) is 24.5 Å². The van der Waals surface area contributed by atoms with Gasteiger partial charge in [0, 0.05) is 38.9 Å². The SMILES string of the molecule is CC(C)COCCCNC(=O)[C@H]1CC(=O)N(Cc2ccccn2)C1. The van der Waals surface area contributed by atoms with Crippen LogP contribution in [0, 0.1) is 11.8 Å². The van der Waals surface area contributed by atoms with E-state index < -0.39 is 0 Å². The van der Waals surface area contributed by atoms with Crippen molar-refractivity contribution in [1.82, 2.24) is 15.2 Å². The standard InChI is InChI=1S/C18H27N3O3/c1-14(2)13-24-9-5-8-20-18(23)15-10-17(22)21(11-15)12-16-6-3-4-7-19-16/h3-4,6-7,14-15H,5,8-13H2,1-2H3,(H,20,23)/t15-/m0/s1. The molecule has 1 aliphatic heterocycles. The Balaban J connectivity index is 1.67. The van der Waals surface area contributed by atoms with E-state index in [4.69, 9.17) is 4.74 Å². The molecule has 0 radical (unpaired) electrons. The lowest BCUT2D eigenvalue weighted by molar-refractivity contribution is -0.129. The number of pyridine rings is 1. The van der Waals surface area contributed by atoms with Crippen LogP contribution in [0.4, 0.5) is 0 Å². The first kappa shape index (κ1) is 18.4.